The Balaban J connectivity index is 2.71. The Morgan fingerprint density at radius 2 is 1.96 bits per heavy atom. The van der Waals surface area contributed by atoms with Crippen LogP contribution in [0.2, 0.25) is 0 Å². The lowest BCUT2D eigenvalue weighted by Crippen LogP contribution is -2.41. The highest BCUT2D eigenvalue weighted by molar-refractivity contribution is 7.20. The normalized spacial score (nSPS) is 12.2. The molecule has 0 saturated carbocycles. The molecule has 10 heteroatoms. The number of thiophene rings is 1. The van der Waals surface area contributed by atoms with Crippen molar-refractivity contribution >= 4 is 33.9 Å². The van der Waals surface area contributed by atoms with Crippen LogP contribution in [0.3, 0.4) is 0 Å². The molecular formula is C18H26N4O5S. The summed E-state index contributed by atoms with van der Waals surface area (Å²) in [5.41, 5.74) is -0.789. The summed E-state index contributed by atoms with van der Waals surface area (Å²) < 4.78 is 7.81. The highest BCUT2D eigenvalue weighted by atomic mass is 32.1. The molecule has 0 bridgehead atoms. The van der Waals surface area contributed by atoms with Gasteiger partial charge in [0.2, 0.25) is 0 Å². The van der Waals surface area contributed by atoms with Crippen molar-refractivity contribution in [1.82, 2.24) is 14.1 Å². The number of amides is 1. The van der Waals surface area contributed by atoms with Crippen LogP contribution in [0.1, 0.15) is 38.1 Å². The lowest BCUT2D eigenvalue weighted by Gasteiger charge is -2.27. The number of aromatic nitrogens is 2. The molecular weight excluding hydrogens is 384 g/mol. The third-order valence-corrected chi connectivity index (χ3v) is 5.52. The molecule has 1 amide bonds. The molecule has 0 radical (unpaired) electrons. The zero-order valence-electron chi connectivity index (χ0n) is 17.0. The van der Waals surface area contributed by atoms with E-state index in [-0.39, 0.29) is 17.8 Å². The Bertz CT molecular complexity index is 1030. The first-order valence-corrected chi connectivity index (χ1v) is 9.69. The topological polar surface area (TPSA) is 106 Å². The number of carboxylic acid groups (broad SMARTS) is 1. The predicted molar refractivity (Wildman–Crippen MR) is 110 cm³/mol. The molecule has 1 N–H and O–H groups in total. The number of hydrogen-bond donors (Lipinski definition) is 1. The number of aryl methyl sites for hydroxylation is 1. The fourth-order valence-electron chi connectivity index (χ4n) is 2.81. The summed E-state index contributed by atoms with van der Waals surface area (Å²) >= 11 is 1.24. The molecule has 28 heavy (non-hydrogen) atoms. The van der Waals surface area contributed by atoms with Gasteiger partial charge in [-0.05, 0) is 40.2 Å². The van der Waals surface area contributed by atoms with Gasteiger partial charge < -0.3 is 9.84 Å². The van der Waals surface area contributed by atoms with Gasteiger partial charge in [0.1, 0.15) is 4.83 Å². The van der Waals surface area contributed by atoms with Crippen LogP contribution in [0.15, 0.2) is 14.7 Å². The van der Waals surface area contributed by atoms with Gasteiger partial charge >= 0.3 is 11.8 Å². The van der Waals surface area contributed by atoms with Gasteiger partial charge in [0.25, 0.3) is 5.56 Å². The Morgan fingerprint density at radius 1 is 1.32 bits per heavy atom. The minimum atomic E-state index is -1.17. The number of carbonyl (C=O) groups is 1. The second-order valence-electron chi connectivity index (χ2n) is 7.26. The predicted octanol–water partition coefficient (Wildman–Crippen LogP) is 2.31. The first kappa shape index (κ1) is 21.8. The molecule has 0 saturated heterocycles. The Kier molecular flexibility index (Phi) is 6.45. The van der Waals surface area contributed by atoms with Crippen LogP contribution in [-0.2, 0) is 17.8 Å². The maximum absolute atomic E-state index is 12.8. The molecule has 154 valence electrons. The molecule has 9 nitrogen and oxygen atoms in total. The molecule has 0 aromatic carbocycles. The molecule has 0 aliphatic carbocycles. The lowest BCUT2D eigenvalue weighted by atomic mass is 10.1. The third kappa shape index (κ3) is 4.02. The van der Waals surface area contributed by atoms with Crippen molar-refractivity contribution < 1.29 is 14.6 Å². The molecule has 0 unspecified atom stereocenters. The van der Waals surface area contributed by atoms with Crippen LogP contribution < -0.4 is 11.2 Å². The second-order valence-corrected chi connectivity index (χ2v) is 8.29. The number of rotatable bonds is 6. The van der Waals surface area contributed by atoms with Crippen molar-refractivity contribution in [2.45, 2.75) is 53.2 Å². The van der Waals surface area contributed by atoms with E-state index in [0.29, 0.717) is 33.8 Å². The summed E-state index contributed by atoms with van der Waals surface area (Å²) in [6.45, 7) is 9.62. The fraction of sp³-hybridized carbons (Fsp3) is 0.556. The van der Waals surface area contributed by atoms with Gasteiger partial charge in [-0.3, -0.25) is 13.9 Å². The summed E-state index contributed by atoms with van der Waals surface area (Å²) in [4.78, 5) is 38.2. The second kappa shape index (κ2) is 8.27. The van der Waals surface area contributed by atoms with Gasteiger partial charge in [-0.2, -0.15) is 10.1 Å². The molecule has 0 aliphatic rings. The van der Waals surface area contributed by atoms with E-state index in [0.717, 1.165) is 5.01 Å². The standard InChI is InChI=1S/C18H26N4O5S/c1-7-20-14(23)13-11(2)12(10-19-22(17(25)26)18(3,4)5)28-15(13)21(16(20)24)8-9-27-6/h10H,7-9H2,1-6H3,(H,25,26). The first-order chi connectivity index (χ1) is 13.0. The molecule has 0 aliphatic heterocycles. The van der Waals surface area contributed by atoms with Crippen molar-refractivity contribution in [3.05, 3.63) is 31.3 Å². The van der Waals surface area contributed by atoms with Crippen molar-refractivity contribution in [2.75, 3.05) is 13.7 Å². The maximum Gasteiger partial charge on any atom is 0.428 e. The third-order valence-electron chi connectivity index (χ3n) is 4.27. The van der Waals surface area contributed by atoms with Gasteiger partial charge in [0, 0.05) is 13.7 Å². The number of ether oxygens (including phenoxy) is 1. The van der Waals surface area contributed by atoms with E-state index in [4.69, 9.17) is 4.74 Å². The fourth-order valence-corrected chi connectivity index (χ4v) is 4.00. The summed E-state index contributed by atoms with van der Waals surface area (Å²) in [5, 5.41) is 14.9. The molecule has 0 atom stereocenters. The van der Waals surface area contributed by atoms with E-state index in [1.165, 1.54) is 26.7 Å². The van der Waals surface area contributed by atoms with Gasteiger partial charge in [-0.1, -0.05) is 0 Å². The molecule has 2 heterocycles. The van der Waals surface area contributed by atoms with Crippen molar-refractivity contribution in [3.8, 4) is 0 Å². The summed E-state index contributed by atoms with van der Waals surface area (Å²) in [5.74, 6) is 0. The van der Waals surface area contributed by atoms with Gasteiger partial charge in [-0.15, -0.1) is 11.3 Å². The lowest BCUT2D eigenvalue weighted by molar-refractivity contribution is 0.103. The number of hydrogen-bond acceptors (Lipinski definition) is 6. The Morgan fingerprint density at radius 3 is 2.46 bits per heavy atom. The highest BCUT2D eigenvalue weighted by Crippen LogP contribution is 2.27. The zero-order chi connectivity index (χ0) is 21.2. The zero-order valence-corrected chi connectivity index (χ0v) is 17.8. The van der Waals surface area contributed by atoms with E-state index in [1.54, 1.807) is 41.7 Å². The average Bonchev–Trinajstić information content (AvgIpc) is 2.91. The van der Waals surface area contributed by atoms with Gasteiger partial charge in [0.15, 0.2) is 0 Å². The monoisotopic (exact) mass is 410 g/mol. The van der Waals surface area contributed by atoms with Crippen molar-refractivity contribution in [1.29, 1.82) is 0 Å². The van der Waals surface area contributed by atoms with E-state index in [9.17, 15) is 19.5 Å². The number of nitrogens with zero attached hydrogens (tertiary/aromatic N) is 4. The van der Waals surface area contributed by atoms with Crippen LogP contribution in [0.25, 0.3) is 10.2 Å². The average molecular weight is 410 g/mol. The van der Waals surface area contributed by atoms with Gasteiger partial charge in [0.05, 0.1) is 35.2 Å². The summed E-state index contributed by atoms with van der Waals surface area (Å²) in [6, 6.07) is 0. The highest BCUT2D eigenvalue weighted by Gasteiger charge is 2.26. The quantitative estimate of drug-likeness (QED) is 0.581. The molecule has 0 fully saturated rings. The Hall–Kier alpha value is -2.46. The largest absolute Gasteiger partial charge is 0.464 e. The summed E-state index contributed by atoms with van der Waals surface area (Å²) in [6.07, 6.45) is 0.258. The van der Waals surface area contributed by atoms with Crippen LogP contribution in [0.5, 0.6) is 0 Å². The van der Waals surface area contributed by atoms with E-state index in [2.05, 4.69) is 5.10 Å². The molecule has 2 aromatic rings. The van der Waals surface area contributed by atoms with Crippen LogP contribution in [-0.4, -0.2) is 50.8 Å². The van der Waals surface area contributed by atoms with Crippen LogP contribution in [0.4, 0.5) is 4.79 Å². The number of fused-ring (bicyclic) bond motifs is 1. The summed E-state index contributed by atoms with van der Waals surface area (Å²) in [7, 11) is 1.54. The molecule has 2 aromatic heterocycles. The van der Waals surface area contributed by atoms with Crippen molar-refractivity contribution in [2.24, 2.45) is 5.10 Å². The SMILES string of the molecule is CCn1c(=O)c2c(C)c(C=NN(C(=O)O)C(C)(C)C)sc2n(CCOC)c1=O. The maximum atomic E-state index is 12.8. The van der Waals surface area contributed by atoms with Crippen LogP contribution >= 0.6 is 11.3 Å². The minimum Gasteiger partial charge on any atom is -0.464 e. The number of methoxy groups -OCH3 is 1. The Labute approximate surface area is 166 Å². The van der Waals surface area contributed by atoms with E-state index in [1.807, 2.05) is 0 Å². The van der Waals surface area contributed by atoms with Crippen LogP contribution in [0, 0.1) is 6.92 Å². The first-order valence-electron chi connectivity index (χ1n) is 8.87. The minimum absolute atomic E-state index is 0.260. The number of hydrazone groups is 1. The van der Waals surface area contributed by atoms with E-state index >= 15 is 0 Å². The van der Waals surface area contributed by atoms with E-state index < -0.39 is 11.6 Å². The molecule has 0 spiro atoms. The molecule has 2 rings (SSSR count). The van der Waals surface area contributed by atoms with Crippen molar-refractivity contribution in [3.63, 3.8) is 0 Å². The smallest absolute Gasteiger partial charge is 0.428 e. The van der Waals surface area contributed by atoms with Gasteiger partial charge in [-0.25, -0.2) is 9.59 Å².